The molecule has 1 aromatic heterocycles. The molecule has 1 aromatic rings. The first kappa shape index (κ1) is 23.1. The number of fused-ring (bicyclic) bond motifs is 2. The van der Waals surface area contributed by atoms with Crippen molar-refractivity contribution in [3.63, 3.8) is 0 Å². The van der Waals surface area contributed by atoms with Crippen molar-refractivity contribution in [2.45, 2.75) is 64.3 Å². The molecule has 3 heterocycles. The van der Waals surface area contributed by atoms with Crippen LogP contribution in [0.1, 0.15) is 58.3 Å². The van der Waals surface area contributed by atoms with Gasteiger partial charge in [-0.3, -0.25) is 9.69 Å². The van der Waals surface area contributed by atoms with Crippen LogP contribution < -0.4 is 20.7 Å². The van der Waals surface area contributed by atoms with E-state index in [4.69, 9.17) is 15.5 Å². The minimum absolute atomic E-state index is 0.0370. The SMILES string of the molecule is CCCCOc1nc(N)c2c(n1)N(CC1C=C(CN3CCCC3)C=CC1)C1CCCC1C(=O)N2. The maximum absolute atomic E-state index is 13.1. The fraction of sp³-hybridized carbons (Fsp3) is 0.654. The number of nitrogens with two attached hydrogens (primary N) is 1. The molecule has 0 aromatic carbocycles. The molecule has 0 radical (unpaired) electrons. The summed E-state index contributed by atoms with van der Waals surface area (Å²) in [7, 11) is 0. The van der Waals surface area contributed by atoms with E-state index in [1.165, 1.54) is 31.5 Å². The molecule has 0 bridgehead atoms. The van der Waals surface area contributed by atoms with E-state index in [0.717, 1.165) is 51.6 Å². The van der Waals surface area contributed by atoms with E-state index in [1.54, 1.807) is 0 Å². The van der Waals surface area contributed by atoms with E-state index in [9.17, 15) is 4.79 Å². The average molecular weight is 467 g/mol. The molecular weight excluding hydrogens is 428 g/mol. The van der Waals surface area contributed by atoms with Crippen LogP contribution >= 0.6 is 0 Å². The quantitative estimate of drug-likeness (QED) is 0.563. The van der Waals surface area contributed by atoms with Gasteiger partial charge in [0.05, 0.1) is 12.5 Å². The normalized spacial score (nSPS) is 26.6. The Kier molecular flexibility index (Phi) is 7.04. The summed E-state index contributed by atoms with van der Waals surface area (Å²) in [4.78, 5) is 27.1. The molecule has 3 N–H and O–H groups in total. The van der Waals surface area contributed by atoms with Gasteiger partial charge in [0.2, 0.25) is 5.91 Å². The second kappa shape index (κ2) is 10.3. The highest BCUT2D eigenvalue weighted by Crippen LogP contribution is 2.42. The molecule has 1 saturated carbocycles. The minimum Gasteiger partial charge on any atom is -0.463 e. The van der Waals surface area contributed by atoms with E-state index in [0.29, 0.717) is 30.0 Å². The third kappa shape index (κ3) is 4.92. The molecule has 8 heteroatoms. The summed E-state index contributed by atoms with van der Waals surface area (Å²) < 4.78 is 5.83. The molecule has 2 aliphatic heterocycles. The molecule has 0 spiro atoms. The van der Waals surface area contributed by atoms with Crippen molar-refractivity contribution in [3.8, 4) is 6.01 Å². The number of hydrogen-bond donors (Lipinski definition) is 2. The minimum atomic E-state index is -0.0507. The van der Waals surface area contributed by atoms with E-state index >= 15 is 0 Å². The number of nitrogen functional groups attached to an aromatic ring is 1. The molecule has 5 rings (SSSR count). The molecule has 3 unspecified atom stereocenters. The Balaban J connectivity index is 1.43. The fourth-order valence-corrected chi connectivity index (χ4v) is 5.86. The van der Waals surface area contributed by atoms with Crippen molar-refractivity contribution in [2.24, 2.45) is 11.8 Å². The monoisotopic (exact) mass is 466 g/mol. The lowest BCUT2D eigenvalue weighted by Crippen LogP contribution is -2.43. The van der Waals surface area contributed by atoms with Gasteiger partial charge >= 0.3 is 6.01 Å². The van der Waals surface area contributed by atoms with Crippen molar-refractivity contribution < 1.29 is 9.53 Å². The topological polar surface area (TPSA) is 96.6 Å². The number of carbonyl (C=O) groups excluding carboxylic acids is 1. The number of ether oxygens (including phenoxy) is 1. The third-order valence-corrected chi connectivity index (χ3v) is 7.62. The van der Waals surface area contributed by atoms with Crippen LogP contribution in [0.15, 0.2) is 23.8 Å². The number of unbranched alkanes of at least 4 members (excludes halogenated alkanes) is 1. The average Bonchev–Trinajstić information content (AvgIpc) is 3.50. The number of allylic oxidation sites excluding steroid dienone is 1. The number of hydrogen-bond acceptors (Lipinski definition) is 7. The van der Waals surface area contributed by atoms with Crippen LogP contribution in [-0.2, 0) is 4.79 Å². The summed E-state index contributed by atoms with van der Waals surface area (Å²) >= 11 is 0. The number of aromatic nitrogens is 2. The zero-order valence-corrected chi connectivity index (χ0v) is 20.3. The molecule has 8 nitrogen and oxygen atoms in total. The Morgan fingerprint density at radius 3 is 2.88 bits per heavy atom. The summed E-state index contributed by atoms with van der Waals surface area (Å²) in [6, 6.07) is 0.426. The van der Waals surface area contributed by atoms with Crippen molar-refractivity contribution in [3.05, 3.63) is 23.8 Å². The Morgan fingerprint density at radius 1 is 1.21 bits per heavy atom. The van der Waals surface area contributed by atoms with Crippen LogP contribution in [0.2, 0.25) is 0 Å². The maximum atomic E-state index is 13.1. The molecule has 34 heavy (non-hydrogen) atoms. The summed E-state index contributed by atoms with van der Waals surface area (Å²) in [6.45, 7) is 6.91. The predicted molar refractivity (Wildman–Crippen MR) is 135 cm³/mol. The van der Waals surface area contributed by atoms with Gasteiger partial charge in [-0.2, -0.15) is 9.97 Å². The summed E-state index contributed by atoms with van der Waals surface area (Å²) in [5.41, 5.74) is 8.27. The van der Waals surface area contributed by atoms with Crippen molar-refractivity contribution in [1.82, 2.24) is 14.9 Å². The highest BCUT2D eigenvalue weighted by molar-refractivity contribution is 6.00. The van der Waals surface area contributed by atoms with Gasteiger partial charge in [0.15, 0.2) is 11.6 Å². The Bertz CT molecular complexity index is 955. The van der Waals surface area contributed by atoms with Crippen LogP contribution in [-0.4, -0.2) is 59.6 Å². The van der Waals surface area contributed by atoms with E-state index in [1.807, 2.05) is 0 Å². The fourth-order valence-electron chi connectivity index (χ4n) is 5.86. The van der Waals surface area contributed by atoms with Crippen LogP contribution in [0.4, 0.5) is 17.3 Å². The van der Waals surface area contributed by atoms with Gasteiger partial charge < -0.3 is 20.7 Å². The first-order valence-electron chi connectivity index (χ1n) is 13.1. The highest BCUT2D eigenvalue weighted by Gasteiger charge is 2.42. The van der Waals surface area contributed by atoms with E-state index in [-0.39, 0.29) is 23.7 Å². The lowest BCUT2D eigenvalue weighted by molar-refractivity contribution is -0.119. The van der Waals surface area contributed by atoms with E-state index < -0.39 is 0 Å². The zero-order chi connectivity index (χ0) is 23.5. The number of anilines is 3. The summed E-state index contributed by atoms with van der Waals surface area (Å²) in [5.74, 6) is 1.35. The molecule has 1 saturated heterocycles. The van der Waals surface area contributed by atoms with Gasteiger partial charge in [0, 0.05) is 19.1 Å². The number of rotatable bonds is 8. The molecule has 2 aliphatic carbocycles. The van der Waals surface area contributed by atoms with Gasteiger partial charge in [-0.05, 0) is 63.1 Å². The Hall–Kier alpha value is -2.61. The van der Waals surface area contributed by atoms with Crippen LogP contribution in [0, 0.1) is 11.8 Å². The molecule has 4 aliphatic rings. The summed E-state index contributed by atoms with van der Waals surface area (Å²) in [5, 5.41) is 3.06. The van der Waals surface area contributed by atoms with Crippen LogP contribution in [0.25, 0.3) is 0 Å². The number of nitrogens with one attached hydrogen (secondary N) is 1. The van der Waals surface area contributed by atoms with Gasteiger partial charge in [-0.1, -0.05) is 38.0 Å². The lowest BCUT2D eigenvalue weighted by Gasteiger charge is -2.34. The molecule has 2 fully saturated rings. The van der Waals surface area contributed by atoms with Gasteiger partial charge in [0.25, 0.3) is 0 Å². The van der Waals surface area contributed by atoms with Crippen molar-refractivity contribution >= 4 is 23.2 Å². The van der Waals surface area contributed by atoms with Crippen molar-refractivity contribution in [2.75, 3.05) is 48.7 Å². The van der Waals surface area contributed by atoms with Gasteiger partial charge in [-0.15, -0.1) is 0 Å². The van der Waals surface area contributed by atoms with Gasteiger partial charge in [-0.25, -0.2) is 0 Å². The zero-order valence-electron chi connectivity index (χ0n) is 20.3. The number of amides is 1. The largest absolute Gasteiger partial charge is 0.463 e. The molecular formula is C26H38N6O2. The third-order valence-electron chi connectivity index (χ3n) is 7.62. The molecule has 3 atom stereocenters. The standard InChI is InChI=1S/C26H38N6O2/c1-2-3-14-34-26-29-23(27)22-24(30-26)32(21-11-7-10-20(21)25(33)28-22)17-19-9-6-8-18(15-19)16-31-12-4-5-13-31/h6,8,15,19-21H,2-5,7,9-14,16-17H2,1H3,(H,28,33)(H2,27,29,30). The molecule has 184 valence electrons. The number of nitrogens with zero attached hydrogens (tertiary/aromatic N) is 4. The second-order valence-electron chi connectivity index (χ2n) is 10.2. The summed E-state index contributed by atoms with van der Waals surface area (Å²) in [6.07, 6.45) is 15.5. The maximum Gasteiger partial charge on any atom is 0.320 e. The Labute approximate surface area is 202 Å². The van der Waals surface area contributed by atoms with E-state index in [2.05, 4.69) is 45.3 Å². The highest BCUT2D eigenvalue weighted by atomic mass is 16.5. The lowest BCUT2D eigenvalue weighted by atomic mass is 9.93. The second-order valence-corrected chi connectivity index (χ2v) is 10.2. The number of likely N-dealkylation sites (tertiary alicyclic amines) is 1. The Morgan fingerprint density at radius 2 is 2.06 bits per heavy atom. The smallest absolute Gasteiger partial charge is 0.320 e. The van der Waals surface area contributed by atoms with Crippen LogP contribution in [0.3, 0.4) is 0 Å². The van der Waals surface area contributed by atoms with Crippen LogP contribution in [0.5, 0.6) is 6.01 Å². The number of carbonyl (C=O) groups is 1. The first-order chi connectivity index (χ1) is 16.6. The van der Waals surface area contributed by atoms with Gasteiger partial charge in [0.1, 0.15) is 5.69 Å². The first-order valence-corrected chi connectivity index (χ1v) is 13.1. The predicted octanol–water partition coefficient (Wildman–Crippen LogP) is 3.76. The van der Waals surface area contributed by atoms with Crippen molar-refractivity contribution in [1.29, 1.82) is 0 Å². The molecule has 1 amide bonds.